The van der Waals surface area contributed by atoms with Crippen LogP contribution in [0.15, 0.2) is 44.4 Å². The van der Waals surface area contributed by atoms with Crippen LogP contribution in [-0.4, -0.2) is 29.3 Å². The first-order valence-corrected chi connectivity index (χ1v) is 11.5. The van der Waals surface area contributed by atoms with Crippen molar-refractivity contribution in [1.82, 2.24) is 5.43 Å². The highest BCUT2D eigenvalue weighted by atomic mass is 79.9. The number of benzene rings is 2. The standard InChI is InChI=1S/C23H24Br2FN3O2/c1-5-6-29-20-10-19(26)14(7-16(20)13(2)11-23(29,3)4)12-27-28-22(31)17-8-15(24)9-18(25)21(17)30/h7-12,30H,5-6H2,1-4H3,(H,28,31)/b27-12-. The molecule has 0 radical (unpaired) electrons. The second-order valence-corrected chi connectivity index (χ2v) is 9.78. The van der Waals surface area contributed by atoms with Gasteiger partial charge in [0.1, 0.15) is 11.6 Å². The second-order valence-electron chi connectivity index (χ2n) is 8.01. The van der Waals surface area contributed by atoms with Crippen molar-refractivity contribution in [2.45, 2.75) is 39.7 Å². The van der Waals surface area contributed by atoms with E-state index in [1.54, 1.807) is 12.1 Å². The van der Waals surface area contributed by atoms with Gasteiger partial charge >= 0.3 is 0 Å². The molecule has 1 amide bonds. The van der Waals surface area contributed by atoms with Crippen LogP contribution >= 0.6 is 31.9 Å². The Morgan fingerprint density at radius 1 is 1.29 bits per heavy atom. The van der Waals surface area contributed by atoms with Crippen LogP contribution in [0.3, 0.4) is 0 Å². The van der Waals surface area contributed by atoms with E-state index in [0.717, 1.165) is 29.8 Å². The minimum Gasteiger partial charge on any atom is -0.506 e. The number of anilines is 1. The average Bonchev–Trinajstić information content (AvgIpc) is 2.68. The van der Waals surface area contributed by atoms with Crippen LogP contribution in [0.1, 0.15) is 55.6 Å². The molecular weight excluding hydrogens is 529 g/mol. The molecule has 0 aromatic heterocycles. The number of fused-ring (bicyclic) bond motifs is 1. The minimum absolute atomic E-state index is 0.0422. The van der Waals surface area contributed by atoms with E-state index in [9.17, 15) is 14.3 Å². The molecule has 31 heavy (non-hydrogen) atoms. The van der Waals surface area contributed by atoms with Gasteiger partial charge in [-0.2, -0.15) is 5.10 Å². The molecule has 0 bridgehead atoms. The van der Waals surface area contributed by atoms with Crippen molar-refractivity contribution in [2.24, 2.45) is 5.10 Å². The van der Waals surface area contributed by atoms with E-state index in [0.29, 0.717) is 8.95 Å². The smallest absolute Gasteiger partial charge is 0.275 e. The van der Waals surface area contributed by atoms with Crippen LogP contribution < -0.4 is 10.3 Å². The molecule has 0 aliphatic carbocycles. The van der Waals surface area contributed by atoms with Gasteiger partial charge in [-0.1, -0.05) is 28.9 Å². The van der Waals surface area contributed by atoms with Crippen molar-refractivity contribution < 1.29 is 14.3 Å². The molecule has 2 aromatic rings. The maximum absolute atomic E-state index is 14.9. The van der Waals surface area contributed by atoms with Crippen molar-refractivity contribution in [2.75, 3.05) is 11.4 Å². The molecule has 3 rings (SSSR count). The van der Waals surface area contributed by atoms with Gasteiger partial charge in [-0.05, 0) is 73.0 Å². The van der Waals surface area contributed by atoms with Crippen molar-refractivity contribution in [3.63, 3.8) is 0 Å². The quantitative estimate of drug-likeness (QED) is 0.341. The lowest BCUT2D eigenvalue weighted by molar-refractivity contribution is 0.0952. The van der Waals surface area contributed by atoms with E-state index in [-0.39, 0.29) is 22.4 Å². The molecule has 1 heterocycles. The van der Waals surface area contributed by atoms with Gasteiger partial charge in [0.25, 0.3) is 5.91 Å². The molecule has 1 aliphatic heterocycles. The molecule has 0 spiro atoms. The van der Waals surface area contributed by atoms with Crippen molar-refractivity contribution >= 4 is 55.2 Å². The Balaban J connectivity index is 1.88. The molecule has 164 valence electrons. The van der Waals surface area contributed by atoms with E-state index in [1.807, 2.05) is 6.92 Å². The number of rotatable bonds is 5. The summed E-state index contributed by atoms with van der Waals surface area (Å²) in [4.78, 5) is 14.6. The molecule has 0 atom stereocenters. The van der Waals surface area contributed by atoms with Gasteiger partial charge in [-0.3, -0.25) is 4.79 Å². The second kappa shape index (κ2) is 9.12. The minimum atomic E-state index is -0.610. The number of amides is 1. The molecule has 0 saturated carbocycles. The number of hydrogen-bond acceptors (Lipinski definition) is 4. The number of hydrazone groups is 1. The number of carbonyl (C=O) groups is 1. The van der Waals surface area contributed by atoms with Crippen LogP contribution in [0.2, 0.25) is 0 Å². The molecule has 2 N–H and O–H groups in total. The lowest BCUT2D eigenvalue weighted by atomic mass is 9.88. The van der Waals surface area contributed by atoms with Crippen molar-refractivity contribution in [1.29, 1.82) is 0 Å². The Hall–Kier alpha value is -2.19. The maximum Gasteiger partial charge on any atom is 0.275 e. The number of carbonyl (C=O) groups excluding carboxylic acids is 1. The van der Waals surface area contributed by atoms with E-state index < -0.39 is 11.7 Å². The van der Waals surface area contributed by atoms with Crippen LogP contribution in [0, 0.1) is 5.82 Å². The lowest BCUT2D eigenvalue weighted by Gasteiger charge is -2.43. The fourth-order valence-electron chi connectivity index (χ4n) is 3.81. The van der Waals surface area contributed by atoms with E-state index in [1.165, 1.54) is 18.3 Å². The molecule has 5 nitrogen and oxygen atoms in total. The van der Waals surface area contributed by atoms with Gasteiger partial charge in [0.2, 0.25) is 0 Å². The summed E-state index contributed by atoms with van der Waals surface area (Å²) in [5.41, 5.74) is 5.30. The van der Waals surface area contributed by atoms with Crippen LogP contribution in [0.25, 0.3) is 5.57 Å². The first-order chi connectivity index (χ1) is 14.5. The zero-order valence-electron chi connectivity index (χ0n) is 17.8. The largest absolute Gasteiger partial charge is 0.506 e. The van der Waals surface area contributed by atoms with Crippen LogP contribution in [0.4, 0.5) is 10.1 Å². The predicted octanol–water partition coefficient (Wildman–Crippen LogP) is 6.23. The van der Waals surface area contributed by atoms with E-state index in [4.69, 9.17) is 0 Å². The van der Waals surface area contributed by atoms with Crippen molar-refractivity contribution in [3.8, 4) is 5.75 Å². The topological polar surface area (TPSA) is 64.9 Å². The normalized spacial score (nSPS) is 15.1. The first-order valence-electron chi connectivity index (χ1n) is 9.87. The molecule has 0 saturated heterocycles. The molecule has 8 heteroatoms. The molecular formula is C23H24Br2FN3O2. The lowest BCUT2D eigenvalue weighted by Crippen LogP contribution is -2.45. The Kier molecular flexibility index (Phi) is 6.91. The van der Waals surface area contributed by atoms with E-state index >= 15 is 0 Å². The maximum atomic E-state index is 14.9. The zero-order chi connectivity index (χ0) is 22.9. The Morgan fingerprint density at radius 3 is 2.68 bits per heavy atom. The predicted molar refractivity (Wildman–Crippen MR) is 130 cm³/mol. The SMILES string of the molecule is CCCN1c2cc(F)c(/C=N\NC(=O)c3cc(Br)cc(Br)c3O)cc2C(C)=CC1(C)C. The third-order valence-electron chi connectivity index (χ3n) is 5.19. The number of nitrogens with zero attached hydrogens (tertiary/aromatic N) is 2. The Morgan fingerprint density at radius 2 is 2.00 bits per heavy atom. The number of halogens is 3. The molecule has 0 fully saturated rings. The number of aromatic hydroxyl groups is 1. The summed E-state index contributed by atoms with van der Waals surface area (Å²) >= 11 is 6.46. The highest BCUT2D eigenvalue weighted by Gasteiger charge is 2.31. The molecule has 1 aliphatic rings. The monoisotopic (exact) mass is 551 g/mol. The first kappa shape index (κ1) is 23.5. The Labute approximate surface area is 198 Å². The van der Waals surface area contributed by atoms with Gasteiger partial charge in [-0.15, -0.1) is 0 Å². The zero-order valence-corrected chi connectivity index (χ0v) is 20.9. The number of nitrogens with one attached hydrogen (secondary N) is 1. The molecule has 0 unspecified atom stereocenters. The fourth-order valence-corrected chi connectivity index (χ4v) is 5.03. The summed E-state index contributed by atoms with van der Waals surface area (Å²) < 4.78 is 15.9. The summed E-state index contributed by atoms with van der Waals surface area (Å²) in [6.45, 7) is 9.17. The third-order valence-corrected chi connectivity index (χ3v) is 6.25. The third kappa shape index (κ3) is 4.85. The Bertz CT molecular complexity index is 1100. The van der Waals surface area contributed by atoms with Gasteiger partial charge in [0.15, 0.2) is 0 Å². The number of allylic oxidation sites excluding steroid dienone is 1. The van der Waals surface area contributed by atoms with E-state index in [2.05, 4.69) is 74.1 Å². The highest BCUT2D eigenvalue weighted by Crippen LogP contribution is 2.40. The molecule has 2 aromatic carbocycles. The number of phenolic OH excluding ortho intramolecular Hbond substituents is 1. The highest BCUT2D eigenvalue weighted by molar-refractivity contribution is 9.11. The summed E-state index contributed by atoms with van der Waals surface area (Å²) in [6, 6.07) is 6.38. The summed E-state index contributed by atoms with van der Waals surface area (Å²) in [5, 5.41) is 14.0. The van der Waals surface area contributed by atoms with Gasteiger partial charge in [0, 0.05) is 27.8 Å². The van der Waals surface area contributed by atoms with Crippen molar-refractivity contribution in [3.05, 3.63) is 61.8 Å². The van der Waals surface area contributed by atoms with Gasteiger partial charge in [0.05, 0.1) is 21.8 Å². The number of hydrogen-bond donors (Lipinski definition) is 2. The number of phenols is 1. The summed E-state index contributed by atoms with van der Waals surface area (Å²) in [6.07, 6.45) is 4.40. The van der Waals surface area contributed by atoms with Crippen LogP contribution in [-0.2, 0) is 0 Å². The summed E-state index contributed by atoms with van der Waals surface area (Å²) in [7, 11) is 0. The van der Waals surface area contributed by atoms with Crippen LogP contribution in [0.5, 0.6) is 5.75 Å². The summed E-state index contributed by atoms with van der Waals surface area (Å²) in [5.74, 6) is -1.23. The average molecular weight is 553 g/mol. The van der Waals surface area contributed by atoms with Gasteiger partial charge < -0.3 is 10.0 Å². The fraction of sp³-hybridized carbons (Fsp3) is 0.304. The van der Waals surface area contributed by atoms with Gasteiger partial charge in [-0.25, -0.2) is 9.82 Å².